The molecule has 0 unspecified atom stereocenters. The number of halogens is 2. The van der Waals surface area contributed by atoms with Gasteiger partial charge in [0, 0.05) is 30.1 Å². The number of pyridine rings is 2. The number of carbonyl (C=O) groups excluding carboxylic acids is 1. The summed E-state index contributed by atoms with van der Waals surface area (Å²) in [5.74, 6) is -0.406. The summed E-state index contributed by atoms with van der Waals surface area (Å²) in [6.45, 7) is 6.02. The van der Waals surface area contributed by atoms with Crippen LogP contribution in [0.2, 0.25) is 5.02 Å². The SMILES string of the molecule is CC(C)(C)CC(=O)c1cc(-c2nccc3c(Nc4ccc(F)c(Cl)c4)c(N)oc23)ccn1. The predicted octanol–water partition coefficient (Wildman–Crippen LogP) is 6.63. The Balaban J connectivity index is 1.74. The summed E-state index contributed by atoms with van der Waals surface area (Å²) in [6.07, 6.45) is 3.59. The molecule has 32 heavy (non-hydrogen) atoms. The summed E-state index contributed by atoms with van der Waals surface area (Å²) in [5, 5.41) is 3.81. The van der Waals surface area contributed by atoms with Crippen LogP contribution in [0.15, 0.2) is 53.2 Å². The second-order valence-corrected chi connectivity index (χ2v) is 9.13. The van der Waals surface area contributed by atoms with E-state index in [4.69, 9.17) is 21.8 Å². The van der Waals surface area contributed by atoms with E-state index in [9.17, 15) is 9.18 Å². The number of furan rings is 1. The van der Waals surface area contributed by atoms with Crippen molar-refractivity contribution in [3.63, 3.8) is 0 Å². The molecule has 0 aliphatic rings. The Morgan fingerprint density at radius 1 is 1.16 bits per heavy atom. The topological polar surface area (TPSA) is 94.0 Å². The molecule has 0 saturated heterocycles. The highest BCUT2D eigenvalue weighted by atomic mass is 35.5. The molecule has 0 fully saturated rings. The molecule has 3 N–H and O–H groups in total. The van der Waals surface area contributed by atoms with Gasteiger partial charge in [0.05, 0.1) is 10.4 Å². The van der Waals surface area contributed by atoms with Gasteiger partial charge in [0.15, 0.2) is 11.4 Å². The maximum absolute atomic E-state index is 13.5. The van der Waals surface area contributed by atoms with Crippen molar-refractivity contribution in [2.45, 2.75) is 27.2 Å². The summed E-state index contributed by atoms with van der Waals surface area (Å²) in [4.78, 5) is 21.3. The lowest BCUT2D eigenvalue weighted by atomic mass is 9.89. The third-order valence-electron chi connectivity index (χ3n) is 4.83. The molecule has 0 atom stereocenters. The van der Waals surface area contributed by atoms with Crippen LogP contribution in [0.1, 0.15) is 37.7 Å². The first-order chi connectivity index (χ1) is 15.1. The summed E-state index contributed by atoms with van der Waals surface area (Å²) >= 11 is 5.88. The average molecular weight is 453 g/mol. The molecule has 0 aliphatic carbocycles. The fraction of sp³-hybridized carbons (Fsp3) is 0.208. The van der Waals surface area contributed by atoms with Gasteiger partial charge >= 0.3 is 0 Å². The van der Waals surface area contributed by atoms with Gasteiger partial charge in [-0.05, 0) is 41.8 Å². The van der Waals surface area contributed by atoms with E-state index in [0.29, 0.717) is 45.7 Å². The molecule has 4 rings (SSSR count). The second kappa shape index (κ2) is 8.24. The lowest BCUT2D eigenvalue weighted by Gasteiger charge is -2.16. The first-order valence-corrected chi connectivity index (χ1v) is 10.4. The van der Waals surface area contributed by atoms with E-state index in [0.717, 1.165) is 0 Å². The van der Waals surface area contributed by atoms with E-state index in [1.54, 1.807) is 36.7 Å². The van der Waals surface area contributed by atoms with Gasteiger partial charge in [-0.3, -0.25) is 14.8 Å². The van der Waals surface area contributed by atoms with Gasteiger partial charge in [-0.25, -0.2) is 4.39 Å². The number of rotatable bonds is 5. The van der Waals surface area contributed by atoms with Crippen molar-refractivity contribution >= 4 is 45.6 Å². The first-order valence-electron chi connectivity index (χ1n) is 10.0. The van der Waals surface area contributed by atoms with Crippen LogP contribution in [-0.4, -0.2) is 15.8 Å². The lowest BCUT2D eigenvalue weighted by Crippen LogP contribution is -2.14. The van der Waals surface area contributed by atoms with Crippen LogP contribution in [-0.2, 0) is 0 Å². The predicted molar refractivity (Wildman–Crippen MR) is 125 cm³/mol. The quantitative estimate of drug-likeness (QED) is 0.330. The van der Waals surface area contributed by atoms with Crippen LogP contribution >= 0.6 is 11.6 Å². The van der Waals surface area contributed by atoms with E-state index < -0.39 is 5.82 Å². The van der Waals surface area contributed by atoms with Crippen LogP contribution in [0.25, 0.3) is 22.2 Å². The van der Waals surface area contributed by atoms with Crippen molar-refractivity contribution in [2.24, 2.45) is 5.41 Å². The number of nitrogen functional groups attached to an aromatic ring is 1. The molecule has 0 saturated carbocycles. The van der Waals surface area contributed by atoms with Gasteiger partial charge in [-0.15, -0.1) is 0 Å². The zero-order chi connectivity index (χ0) is 23.0. The van der Waals surface area contributed by atoms with Crippen LogP contribution in [0.3, 0.4) is 0 Å². The molecule has 6 nitrogen and oxygen atoms in total. The zero-order valence-electron chi connectivity index (χ0n) is 17.9. The first kappa shape index (κ1) is 21.8. The number of nitrogens with one attached hydrogen (secondary N) is 1. The maximum Gasteiger partial charge on any atom is 0.215 e. The second-order valence-electron chi connectivity index (χ2n) is 8.72. The number of fused-ring (bicyclic) bond motifs is 1. The molecular formula is C24H22ClFN4O2. The van der Waals surface area contributed by atoms with Crippen molar-refractivity contribution in [2.75, 3.05) is 11.1 Å². The number of anilines is 3. The number of aromatic nitrogens is 2. The average Bonchev–Trinajstić information content (AvgIpc) is 3.05. The van der Waals surface area contributed by atoms with Gasteiger partial charge in [0.1, 0.15) is 22.9 Å². The number of benzene rings is 1. The normalized spacial score (nSPS) is 11.7. The molecule has 3 heterocycles. The van der Waals surface area contributed by atoms with Crippen LogP contribution in [0.5, 0.6) is 0 Å². The number of ketones is 1. The van der Waals surface area contributed by atoms with Gasteiger partial charge in [0.25, 0.3) is 0 Å². The number of nitrogens with two attached hydrogens (primary N) is 1. The molecule has 3 aromatic heterocycles. The fourth-order valence-electron chi connectivity index (χ4n) is 3.40. The highest BCUT2D eigenvalue weighted by Crippen LogP contribution is 2.39. The van der Waals surface area contributed by atoms with E-state index in [1.165, 1.54) is 12.1 Å². The smallest absolute Gasteiger partial charge is 0.215 e. The Bertz CT molecular complexity index is 1330. The molecule has 0 aliphatic heterocycles. The lowest BCUT2D eigenvalue weighted by molar-refractivity contribution is 0.0935. The zero-order valence-corrected chi connectivity index (χ0v) is 18.6. The van der Waals surface area contributed by atoms with Gasteiger partial charge in [-0.1, -0.05) is 32.4 Å². The van der Waals surface area contributed by atoms with E-state index in [2.05, 4.69) is 15.3 Å². The van der Waals surface area contributed by atoms with Gasteiger partial charge in [-0.2, -0.15) is 0 Å². The molecular weight excluding hydrogens is 431 g/mol. The Hall–Kier alpha value is -3.45. The molecule has 8 heteroatoms. The third-order valence-corrected chi connectivity index (χ3v) is 5.12. The van der Waals surface area contributed by atoms with Crippen molar-refractivity contribution in [1.29, 1.82) is 0 Å². The van der Waals surface area contributed by atoms with E-state index in [-0.39, 0.29) is 22.1 Å². The molecule has 0 bridgehead atoms. The van der Waals surface area contributed by atoms with E-state index >= 15 is 0 Å². The number of hydrogen-bond donors (Lipinski definition) is 2. The van der Waals surface area contributed by atoms with Crippen molar-refractivity contribution in [3.05, 3.63) is 65.3 Å². The summed E-state index contributed by atoms with van der Waals surface area (Å²) in [7, 11) is 0. The Kier molecular flexibility index (Phi) is 5.60. The number of carbonyl (C=O) groups is 1. The van der Waals surface area contributed by atoms with Crippen LogP contribution < -0.4 is 11.1 Å². The summed E-state index contributed by atoms with van der Waals surface area (Å²) < 4.78 is 19.3. The van der Waals surface area contributed by atoms with Gasteiger partial charge < -0.3 is 15.5 Å². The van der Waals surface area contributed by atoms with E-state index in [1.807, 2.05) is 20.8 Å². The molecule has 4 aromatic rings. The number of hydrogen-bond acceptors (Lipinski definition) is 6. The van der Waals surface area contributed by atoms with Crippen molar-refractivity contribution in [3.8, 4) is 11.3 Å². The number of nitrogens with zero attached hydrogens (tertiary/aromatic N) is 2. The van der Waals surface area contributed by atoms with Crippen LogP contribution in [0, 0.1) is 11.2 Å². The van der Waals surface area contributed by atoms with Crippen molar-refractivity contribution in [1.82, 2.24) is 9.97 Å². The highest BCUT2D eigenvalue weighted by Gasteiger charge is 2.21. The molecule has 164 valence electrons. The van der Waals surface area contributed by atoms with Gasteiger partial charge in [0.2, 0.25) is 5.88 Å². The summed E-state index contributed by atoms with van der Waals surface area (Å²) in [6, 6.07) is 9.52. The Labute approximate surface area is 189 Å². The largest absolute Gasteiger partial charge is 0.436 e. The van der Waals surface area contributed by atoms with Crippen LogP contribution in [0.4, 0.5) is 21.6 Å². The minimum absolute atomic E-state index is 0.00651. The standard InChI is InChI=1S/C24H22ClFN4O2/c1-24(2,3)12-19(31)18-10-13(6-8-28-18)20-22-15(7-9-29-20)21(23(27)32-22)30-14-4-5-17(26)16(25)11-14/h4-11,30H,12,27H2,1-3H3. The minimum Gasteiger partial charge on any atom is -0.436 e. The maximum atomic E-state index is 13.5. The Morgan fingerprint density at radius 2 is 1.91 bits per heavy atom. The molecule has 0 spiro atoms. The van der Waals surface area contributed by atoms with Crippen molar-refractivity contribution < 1.29 is 13.6 Å². The fourth-order valence-corrected chi connectivity index (χ4v) is 3.58. The summed E-state index contributed by atoms with van der Waals surface area (Å²) in [5.41, 5.74) is 9.11. The molecule has 0 amide bonds. The Morgan fingerprint density at radius 3 is 2.62 bits per heavy atom. The molecule has 0 radical (unpaired) electrons. The molecule has 1 aromatic carbocycles. The monoisotopic (exact) mass is 452 g/mol. The highest BCUT2D eigenvalue weighted by molar-refractivity contribution is 6.31. The minimum atomic E-state index is -0.511. The third kappa shape index (κ3) is 4.43. The number of Topliss-reactive ketones (excluding diaryl/α,β-unsaturated/α-hetero) is 1.